The molecule has 2 saturated heterocycles. The maximum Gasteiger partial charge on any atom is 0.110 e. The normalized spacial score (nSPS) is 42.6. The molecule has 6 heterocycles. The van der Waals surface area contributed by atoms with Crippen molar-refractivity contribution < 1.29 is 15.3 Å². The topological polar surface area (TPSA) is 86.2 Å². The average Bonchev–Trinajstić information content (AvgIpc) is 3.73. The van der Waals surface area contributed by atoms with Gasteiger partial charge in [0.05, 0.1) is 17.7 Å². The minimum Gasteiger partial charge on any atom is -0.389 e. The third kappa shape index (κ3) is 4.03. The van der Waals surface area contributed by atoms with Crippen LogP contribution in [-0.4, -0.2) is 99.3 Å². The van der Waals surface area contributed by atoms with Crippen molar-refractivity contribution in [3.8, 4) is 0 Å². The van der Waals surface area contributed by atoms with Gasteiger partial charge in [0.25, 0.3) is 0 Å². The number of rotatable bonds is 3. The van der Waals surface area contributed by atoms with Gasteiger partial charge in [0.15, 0.2) is 0 Å². The Balaban J connectivity index is 1.28. The predicted molar refractivity (Wildman–Crippen MR) is 196 cm³/mol. The Bertz CT molecular complexity index is 1870. The minimum absolute atomic E-state index is 0.109. The maximum absolute atomic E-state index is 12.5. The lowest BCUT2D eigenvalue weighted by Crippen LogP contribution is -2.77. The van der Waals surface area contributed by atoms with Gasteiger partial charge in [-0.3, -0.25) is 9.80 Å². The number of hydrogen-bond donors (Lipinski definition) is 4. The van der Waals surface area contributed by atoms with Crippen molar-refractivity contribution in [2.24, 2.45) is 11.3 Å². The van der Waals surface area contributed by atoms with E-state index in [4.69, 9.17) is 0 Å². The zero-order valence-corrected chi connectivity index (χ0v) is 30.4. The zero-order chi connectivity index (χ0) is 34.3. The number of nitrogens with one attached hydrogen (secondary N) is 1. The van der Waals surface area contributed by atoms with Crippen LogP contribution >= 0.6 is 0 Å². The molecule has 3 aromatic rings. The van der Waals surface area contributed by atoms with Gasteiger partial charge in [-0.1, -0.05) is 50.3 Å². The van der Waals surface area contributed by atoms with Crippen LogP contribution in [0.15, 0.2) is 48.6 Å². The third-order valence-corrected chi connectivity index (χ3v) is 15.0. The lowest BCUT2D eigenvalue weighted by Gasteiger charge is -2.63. The SMILES string of the molecule is CCC1(O)CC2C[N@](CCc3c([nH]c4ccccc34)[C@@](C)(c3cc4c(cc3C)N(C)C3[C@]45CCN4CC=C[C@](CC)(C45)[C@@H](O)[C@@]3(C)O)C2)C1. The quantitative estimate of drug-likeness (QED) is 0.280. The first kappa shape index (κ1) is 32.2. The van der Waals surface area contributed by atoms with Crippen molar-refractivity contribution >= 4 is 16.6 Å². The van der Waals surface area contributed by atoms with Gasteiger partial charge in [0, 0.05) is 77.8 Å². The highest BCUT2D eigenvalue weighted by Crippen LogP contribution is 2.67. The van der Waals surface area contributed by atoms with E-state index in [-0.39, 0.29) is 22.9 Å². The largest absolute Gasteiger partial charge is 0.389 e. The molecule has 2 aromatic carbocycles. The van der Waals surface area contributed by atoms with E-state index in [1.165, 1.54) is 44.5 Å². The third-order valence-electron chi connectivity index (χ3n) is 15.0. The number of likely N-dealkylation sites (N-methyl/N-ethyl adjacent to an activating group) is 1. The molecule has 2 bridgehead atoms. The average molecular weight is 665 g/mol. The van der Waals surface area contributed by atoms with Crippen LogP contribution in [-0.2, 0) is 17.3 Å². The minimum atomic E-state index is -1.30. The van der Waals surface area contributed by atoms with E-state index in [9.17, 15) is 15.3 Å². The molecule has 1 spiro atoms. The Morgan fingerprint density at radius 1 is 0.980 bits per heavy atom. The van der Waals surface area contributed by atoms with Crippen LogP contribution in [0.1, 0.15) is 87.7 Å². The van der Waals surface area contributed by atoms with Crippen LogP contribution in [0, 0.1) is 18.3 Å². The second-order valence-corrected chi connectivity index (χ2v) is 17.6. The highest BCUT2D eigenvalue weighted by Gasteiger charge is 2.75. The number of anilines is 1. The van der Waals surface area contributed by atoms with Crippen LogP contribution in [0.3, 0.4) is 0 Å². The molecule has 7 nitrogen and oxygen atoms in total. The monoisotopic (exact) mass is 664 g/mol. The first-order valence-electron chi connectivity index (χ1n) is 19.1. The number of H-pyrrole nitrogens is 1. The molecule has 0 radical (unpaired) electrons. The van der Waals surface area contributed by atoms with Crippen LogP contribution in [0.4, 0.5) is 5.69 Å². The van der Waals surface area contributed by atoms with Crippen molar-refractivity contribution in [1.29, 1.82) is 0 Å². The molecule has 49 heavy (non-hydrogen) atoms. The molecule has 4 unspecified atom stereocenters. The van der Waals surface area contributed by atoms with E-state index in [0.717, 1.165) is 71.2 Å². The Hall–Kier alpha value is -2.68. The summed E-state index contributed by atoms with van der Waals surface area (Å²) in [5, 5.41) is 37.8. The van der Waals surface area contributed by atoms with Crippen LogP contribution in [0.2, 0.25) is 0 Å². The van der Waals surface area contributed by atoms with E-state index in [1.54, 1.807) is 0 Å². The summed E-state index contributed by atoms with van der Waals surface area (Å²) in [4.78, 5) is 11.5. The van der Waals surface area contributed by atoms with Gasteiger partial charge in [-0.05, 0) is 106 Å². The molecule has 5 aliphatic heterocycles. The molecule has 10 atom stereocenters. The number of fused-ring (bicyclic) bond motifs is 6. The maximum atomic E-state index is 12.5. The van der Waals surface area contributed by atoms with Gasteiger partial charge in [-0.25, -0.2) is 0 Å². The molecule has 4 N–H and O–H groups in total. The van der Waals surface area contributed by atoms with Crippen LogP contribution in [0.5, 0.6) is 0 Å². The lowest BCUT2D eigenvalue weighted by molar-refractivity contribution is -0.190. The molecule has 1 aromatic heterocycles. The number of aliphatic hydroxyl groups is 3. The van der Waals surface area contributed by atoms with Gasteiger partial charge in [0.1, 0.15) is 5.60 Å². The number of aliphatic hydroxyl groups excluding tert-OH is 1. The smallest absolute Gasteiger partial charge is 0.110 e. The summed E-state index contributed by atoms with van der Waals surface area (Å²) in [5.41, 5.74) is 6.00. The number of aromatic nitrogens is 1. The first-order chi connectivity index (χ1) is 23.3. The number of aryl methyl sites for hydroxylation is 1. The Labute approximate surface area is 292 Å². The van der Waals surface area contributed by atoms with Crippen molar-refractivity contribution in [3.63, 3.8) is 0 Å². The molecule has 9 rings (SSSR count). The number of para-hydroxylation sites is 1. The fourth-order valence-corrected chi connectivity index (χ4v) is 13.1. The van der Waals surface area contributed by atoms with E-state index >= 15 is 0 Å². The van der Waals surface area contributed by atoms with Crippen LogP contribution < -0.4 is 4.90 Å². The number of piperidine rings is 1. The number of aromatic amines is 1. The van der Waals surface area contributed by atoms with Crippen molar-refractivity contribution in [1.82, 2.24) is 14.8 Å². The Morgan fingerprint density at radius 2 is 1.78 bits per heavy atom. The summed E-state index contributed by atoms with van der Waals surface area (Å²) < 4.78 is 0. The highest BCUT2D eigenvalue weighted by molar-refractivity contribution is 5.85. The van der Waals surface area contributed by atoms with Gasteiger partial charge in [0.2, 0.25) is 0 Å². The predicted octanol–water partition coefficient (Wildman–Crippen LogP) is 5.41. The summed E-state index contributed by atoms with van der Waals surface area (Å²) in [5.74, 6) is 0.353. The summed E-state index contributed by atoms with van der Waals surface area (Å²) in [6, 6.07) is 13.7. The molecule has 3 fully saturated rings. The number of hydrogen-bond acceptors (Lipinski definition) is 6. The van der Waals surface area contributed by atoms with Crippen molar-refractivity contribution in [2.45, 2.75) is 113 Å². The lowest BCUT2D eigenvalue weighted by atomic mass is 9.48. The highest BCUT2D eigenvalue weighted by atomic mass is 16.3. The number of benzene rings is 2. The zero-order valence-electron chi connectivity index (χ0n) is 30.4. The van der Waals surface area contributed by atoms with Crippen LogP contribution in [0.25, 0.3) is 10.9 Å². The fraction of sp³-hybridized carbons (Fsp3) is 0.619. The van der Waals surface area contributed by atoms with Crippen molar-refractivity contribution in [2.75, 3.05) is 44.7 Å². The summed E-state index contributed by atoms with van der Waals surface area (Å²) in [6.45, 7) is 15.6. The fourth-order valence-electron chi connectivity index (χ4n) is 13.1. The van der Waals surface area contributed by atoms with E-state index in [1.807, 2.05) is 6.92 Å². The second-order valence-electron chi connectivity index (χ2n) is 17.6. The van der Waals surface area contributed by atoms with E-state index < -0.39 is 22.7 Å². The molecule has 6 aliphatic rings. The standard InChI is InChI=1S/C42H56N4O3/c1-7-40(49)23-27-22-38(4,34-29(14-18-45(24-27)25-40)28-12-9-10-13-32(28)43-34)30-21-31-33(20-26(30)3)44(6)35-39(5,48)37(47)41(8-2)15-11-17-46-19-16-42(31,35)36(41)46/h9-13,15,20-21,27,35-37,43,47-49H,7-8,14,16-19,22-25H2,1-6H3/t27?,35?,36?,37-,38+,39-,40?,41+,42-/m0/s1. The van der Waals surface area contributed by atoms with E-state index in [2.05, 4.69) is 103 Å². The van der Waals surface area contributed by atoms with E-state index in [0.29, 0.717) is 5.92 Å². The van der Waals surface area contributed by atoms with Gasteiger partial charge in [-0.15, -0.1) is 0 Å². The summed E-state index contributed by atoms with van der Waals surface area (Å²) >= 11 is 0. The van der Waals surface area contributed by atoms with Gasteiger partial charge in [-0.2, -0.15) is 0 Å². The molecule has 0 amide bonds. The van der Waals surface area contributed by atoms with Gasteiger partial charge >= 0.3 is 0 Å². The Morgan fingerprint density at radius 3 is 2.55 bits per heavy atom. The molecular formula is C42H56N4O3. The molecule has 1 aliphatic carbocycles. The first-order valence-corrected chi connectivity index (χ1v) is 19.1. The second kappa shape index (κ2) is 10.4. The number of nitrogens with zero attached hydrogens (tertiary/aromatic N) is 3. The molecular weight excluding hydrogens is 608 g/mol. The Kier molecular flexibility index (Phi) is 6.87. The summed E-state index contributed by atoms with van der Waals surface area (Å²) in [7, 11) is 2.15. The molecule has 262 valence electrons. The van der Waals surface area contributed by atoms with Crippen molar-refractivity contribution in [3.05, 3.63) is 76.5 Å². The summed E-state index contributed by atoms with van der Waals surface area (Å²) in [6.07, 6.45) is 8.88. The van der Waals surface area contributed by atoms with Gasteiger partial charge < -0.3 is 25.2 Å². The molecule has 7 heteroatoms. The molecule has 1 saturated carbocycles.